The molecule has 0 amide bonds. The number of rotatable bonds is 28. The van der Waals surface area contributed by atoms with E-state index in [0.29, 0.717) is 12.0 Å². The van der Waals surface area contributed by atoms with Crippen LogP contribution in [0.25, 0.3) is 0 Å². The van der Waals surface area contributed by atoms with E-state index < -0.39 is 65.2 Å². The van der Waals surface area contributed by atoms with Crippen molar-refractivity contribution in [3.05, 3.63) is 72.3 Å². The van der Waals surface area contributed by atoms with Gasteiger partial charge in [0.15, 0.2) is 0 Å². The Kier molecular flexibility index (Phi) is 20.3. The van der Waals surface area contributed by atoms with Crippen molar-refractivity contribution < 1.29 is 68.3 Å². The Morgan fingerprint density at radius 1 is 0.533 bits per heavy atom. The SMILES string of the molecule is CCCCCCCCCCCCCCCCC(C)c1cc(OS(=O)Oc2ccc(NS(=O)(=O)C(F)(F)F)cc2)ccc1OS(=O)Oc1ccc(NS(=O)(=O)C(F)(F)F)cc1. The van der Waals surface area contributed by atoms with Crippen molar-refractivity contribution in [3.8, 4) is 23.0 Å². The summed E-state index contributed by atoms with van der Waals surface area (Å²) < 4.78 is 172. The second-order valence-electron chi connectivity index (χ2n) is 13.9. The minimum atomic E-state index is -5.66. The molecular formula is C38H50F6N2O10S4. The van der Waals surface area contributed by atoms with Crippen LogP contribution in [-0.4, -0.2) is 36.3 Å². The molecule has 0 saturated carbocycles. The lowest BCUT2D eigenvalue weighted by Crippen LogP contribution is -2.29. The number of halogens is 6. The summed E-state index contributed by atoms with van der Waals surface area (Å²) >= 11 is -5.02. The highest BCUT2D eigenvalue weighted by Crippen LogP contribution is 2.35. The van der Waals surface area contributed by atoms with Gasteiger partial charge in [-0.3, -0.25) is 9.44 Å². The molecule has 0 fully saturated rings. The van der Waals surface area contributed by atoms with Gasteiger partial charge in [0.1, 0.15) is 23.0 Å². The fraction of sp³-hybridized carbons (Fsp3) is 0.526. The summed E-state index contributed by atoms with van der Waals surface area (Å²) in [5.41, 5.74) is -11.4. The quantitative estimate of drug-likeness (QED) is 0.0529. The summed E-state index contributed by atoms with van der Waals surface area (Å²) in [6.07, 6.45) is 17.3. The fourth-order valence-corrected chi connectivity index (χ4v) is 8.05. The van der Waals surface area contributed by atoms with Gasteiger partial charge in [0.05, 0.1) is 0 Å². The average Bonchev–Trinajstić information content (AvgIpc) is 3.16. The molecule has 0 aliphatic heterocycles. The highest BCUT2D eigenvalue weighted by Gasteiger charge is 2.46. The summed E-state index contributed by atoms with van der Waals surface area (Å²) in [5.74, 6) is -0.355. The monoisotopic (exact) mass is 936 g/mol. The molecule has 338 valence electrons. The van der Waals surface area contributed by atoms with E-state index in [1.165, 1.54) is 91.9 Å². The largest absolute Gasteiger partial charge is 0.516 e. The van der Waals surface area contributed by atoms with Crippen molar-refractivity contribution in [1.29, 1.82) is 0 Å². The molecule has 2 N–H and O–H groups in total. The van der Waals surface area contributed by atoms with E-state index in [-0.39, 0.29) is 28.9 Å². The summed E-state index contributed by atoms with van der Waals surface area (Å²) in [5, 5.41) is 0. The molecule has 3 atom stereocenters. The van der Waals surface area contributed by atoms with Crippen molar-refractivity contribution in [2.75, 3.05) is 9.44 Å². The molecule has 0 aliphatic carbocycles. The highest BCUT2D eigenvalue weighted by molar-refractivity contribution is 7.93. The first-order valence-corrected chi connectivity index (χ1v) is 24.3. The van der Waals surface area contributed by atoms with Crippen LogP contribution >= 0.6 is 0 Å². The van der Waals surface area contributed by atoms with E-state index in [2.05, 4.69) is 6.92 Å². The van der Waals surface area contributed by atoms with Crippen LogP contribution in [0.2, 0.25) is 0 Å². The maximum Gasteiger partial charge on any atom is 0.516 e. The predicted molar refractivity (Wildman–Crippen MR) is 219 cm³/mol. The molecule has 0 spiro atoms. The Morgan fingerprint density at radius 2 is 0.883 bits per heavy atom. The Morgan fingerprint density at radius 3 is 1.28 bits per heavy atom. The Bertz CT molecular complexity index is 2040. The zero-order valence-electron chi connectivity index (χ0n) is 33.0. The van der Waals surface area contributed by atoms with Crippen molar-refractivity contribution in [1.82, 2.24) is 0 Å². The molecule has 12 nitrogen and oxygen atoms in total. The number of benzene rings is 3. The number of hydrogen-bond acceptors (Lipinski definition) is 10. The van der Waals surface area contributed by atoms with E-state index in [4.69, 9.17) is 16.7 Å². The van der Waals surface area contributed by atoms with Crippen LogP contribution in [0.4, 0.5) is 37.7 Å². The van der Waals surface area contributed by atoms with Crippen LogP contribution in [-0.2, 0) is 42.8 Å². The molecule has 0 heterocycles. The number of sulfonamides is 2. The molecule has 0 saturated heterocycles. The molecule has 0 aliphatic rings. The van der Waals surface area contributed by atoms with E-state index in [1.807, 2.05) is 6.92 Å². The van der Waals surface area contributed by atoms with Gasteiger partial charge in [-0.05, 0) is 79.1 Å². The minimum absolute atomic E-state index is 0.0293. The maximum atomic E-state index is 12.9. The normalized spacial score (nSPS) is 13.9. The lowest BCUT2D eigenvalue weighted by atomic mass is 9.93. The molecule has 60 heavy (non-hydrogen) atoms. The molecule has 3 aromatic rings. The van der Waals surface area contributed by atoms with Crippen LogP contribution in [0.15, 0.2) is 66.7 Å². The predicted octanol–water partition coefficient (Wildman–Crippen LogP) is 11.3. The number of hydrogen-bond donors (Lipinski definition) is 2. The second-order valence-corrected chi connectivity index (χ2v) is 18.7. The first-order valence-electron chi connectivity index (χ1n) is 19.3. The van der Waals surface area contributed by atoms with Crippen molar-refractivity contribution in [2.45, 2.75) is 127 Å². The molecule has 3 aromatic carbocycles. The topological polar surface area (TPSA) is 163 Å². The number of alkyl halides is 6. The van der Waals surface area contributed by atoms with Crippen LogP contribution in [0.3, 0.4) is 0 Å². The van der Waals surface area contributed by atoms with Gasteiger partial charge in [0.2, 0.25) is 0 Å². The van der Waals surface area contributed by atoms with Gasteiger partial charge in [-0.15, -0.1) is 0 Å². The fourth-order valence-electron chi connectivity index (χ4n) is 5.77. The van der Waals surface area contributed by atoms with E-state index in [0.717, 1.165) is 74.2 Å². The summed E-state index contributed by atoms with van der Waals surface area (Å²) in [6.45, 7) is 4.10. The molecule has 22 heteroatoms. The third kappa shape index (κ3) is 17.7. The highest BCUT2D eigenvalue weighted by atomic mass is 32.2. The molecule has 3 unspecified atom stereocenters. The first kappa shape index (κ1) is 50.6. The van der Waals surface area contributed by atoms with Gasteiger partial charge < -0.3 is 16.7 Å². The van der Waals surface area contributed by atoms with Crippen LogP contribution in [0, 0.1) is 0 Å². The third-order valence-corrected chi connectivity index (χ3v) is 12.5. The van der Waals surface area contributed by atoms with Crippen LogP contribution in [0.5, 0.6) is 23.0 Å². The number of unbranched alkanes of at least 4 members (excludes halogenated alkanes) is 13. The summed E-state index contributed by atoms with van der Waals surface area (Å²) in [4.78, 5) is 0. The van der Waals surface area contributed by atoms with Gasteiger partial charge >= 0.3 is 53.8 Å². The minimum Gasteiger partial charge on any atom is -0.371 e. The van der Waals surface area contributed by atoms with E-state index in [9.17, 15) is 51.6 Å². The van der Waals surface area contributed by atoms with Gasteiger partial charge in [-0.1, -0.05) is 104 Å². The zero-order chi connectivity index (χ0) is 44.4. The average molecular weight is 937 g/mol. The van der Waals surface area contributed by atoms with Gasteiger partial charge in [0.25, 0.3) is 0 Å². The molecule has 0 radical (unpaired) electrons. The van der Waals surface area contributed by atoms with E-state index in [1.54, 1.807) is 0 Å². The van der Waals surface area contributed by atoms with Crippen molar-refractivity contribution >= 4 is 54.1 Å². The lowest BCUT2D eigenvalue weighted by Gasteiger charge is -2.17. The standard InChI is InChI=1S/C38H50F6N2O10S4/c1-3-4-5-6-7-8-9-10-11-12-13-14-15-16-17-29(2)35-28-34(55-57(47)53-32-22-18-30(19-23-32)45-59(49,50)37(39,40)41)26-27-36(35)56-58(48)54-33-24-20-31(21-25-33)46-60(51,52)38(42,43)44/h18-29,45-46H,3-17H2,1-2H3. The van der Waals surface area contributed by atoms with Crippen LogP contribution in [0.1, 0.15) is 122 Å². The third-order valence-electron chi connectivity index (χ3n) is 8.98. The molecule has 0 aromatic heterocycles. The van der Waals surface area contributed by atoms with Crippen LogP contribution < -0.4 is 26.2 Å². The van der Waals surface area contributed by atoms with Gasteiger partial charge in [-0.2, -0.15) is 51.6 Å². The smallest absolute Gasteiger partial charge is 0.371 e. The van der Waals surface area contributed by atoms with Crippen molar-refractivity contribution in [3.63, 3.8) is 0 Å². The zero-order valence-corrected chi connectivity index (χ0v) is 36.3. The second kappa shape index (κ2) is 24.0. The number of anilines is 2. The molecular weight excluding hydrogens is 887 g/mol. The summed E-state index contributed by atoms with van der Waals surface area (Å²) in [6, 6.07) is 12.4. The Balaban J connectivity index is 1.62. The molecule has 3 rings (SSSR count). The Labute approximate surface area is 352 Å². The summed E-state index contributed by atoms with van der Waals surface area (Å²) in [7, 11) is -11.3. The van der Waals surface area contributed by atoms with Gasteiger partial charge in [-0.25, -0.2) is 0 Å². The maximum absolute atomic E-state index is 12.9. The first-order chi connectivity index (χ1) is 28.2. The number of nitrogens with one attached hydrogen (secondary N) is 2. The lowest BCUT2D eigenvalue weighted by molar-refractivity contribution is -0.0435. The van der Waals surface area contributed by atoms with E-state index >= 15 is 0 Å². The van der Waals surface area contributed by atoms with Crippen molar-refractivity contribution in [2.24, 2.45) is 0 Å². The van der Waals surface area contributed by atoms with Gasteiger partial charge in [0, 0.05) is 16.9 Å². The molecule has 0 bridgehead atoms. The Hall–Kier alpha value is -3.76.